The fraction of sp³-hybridized carbons (Fsp3) is 0.296. The molecule has 1 aliphatic rings. The summed E-state index contributed by atoms with van der Waals surface area (Å²) >= 11 is 0. The summed E-state index contributed by atoms with van der Waals surface area (Å²) in [6.45, 7) is 4.85. The van der Waals surface area contributed by atoms with Crippen LogP contribution in [0.3, 0.4) is 0 Å². The van der Waals surface area contributed by atoms with Gasteiger partial charge in [0.2, 0.25) is 0 Å². The van der Waals surface area contributed by atoms with Gasteiger partial charge >= 0.3 is 5.97 Å². The number of aryl methyl sites for hydroxylation is 3. The lowest BCUT2D eigenvalue weighted by molar-refractivity contribution is -0.137. The van der Waals surface area contributed by atoms with E-state index in [1.807, 2.05) is 51.2 Å². The number of fused-ring (bicyclic) bond motifs is 2. The minimum absolute atomic E-state index is 0.0881. The Hall–Kier alpha value is -3.44. The number of aromatic nitrogens is 3. The first-order chi connectivity index (χ1) is 17.7. The predicted octanol–water partition coefficient (Wildman–Crippen LogP) is 5.11. The fourth-order valence-corrected chi connectivity index (χ4v) is 6.55. The Bertz CT molecular complexity index is 1490. The zero-order chi connectivity index (χ0) is 26.3. The molecule has 0 aliphatic carbocycles. The number of ether oxygens (including phenoxy) is 1. The molecule has 1 unspecified atom stereocenters. The number of para-hydroxylation sites is 1. The third-order valence-electron chi connectivity index (χ3n) is 7.06. The molecule has 194 valence electrons. The van der Waals surface area contributed by atoms with Gasteiger partial charge in [0, 0.05) is 19.5 Å². The molecule has 0 fully saturated rings. The molecule has 9 nitrogen and oxygen atoms in total. The molecule has 10 heteroatoms. The first kappa shape index (κ1) is 25.2. The maximum absolute atomic E-state index is 11.9. The first-order valence-electron chi connectivity index (χ1n) is 12.0. The van der Waals surface area contributed by atoms with Crippen LogP contribution in [0.2, 0.25) is 0 Å². The van der Waals surface area contributed by atoms with Crippen LogP contribution in [0.15, 0.2) is 59.5 Å². The zero-order valence-electron chi connectivity index (χ0n) is 21.0. The summed E-state index contributed by atoms with van der Waals surface area (Å²) in [5, 5.41) is 18.2. The number of nitrogens with zero attached hydrogens (tertiary/aromatic N) is 4. The number of hydrogen-bond donors (Lipinski definition) is 3. The van der Waals surface area contributed by atoms with Crippen LogP contribution >= 0.6 is 10.8 Å². The minimum Gasteiger partial charge on any atom is -0.490 e. The molecule has 1 aromatic heterocycles. The van der Waals surface area contributed by atoms with E-state index in [0.717, 1.165) is 38.9 Å². The molecule has 3 aromatic carbocycles. The lowest BCUT2D eigenvalue weighted by Crippen LogP contribution is -2.29. The lowest BCUT2D eigenvalue weighted by Gasteiger charge is -2.41. The molecule has 5 rings (SSSR count). The highest BCUT2D eigenvalue weighted by molar-refractivity contribution is 8.22. The molecule has 37 heavy (non-hydrogen) atoms. The van der Waals surface area contributed by atoms with Crippen molar-refractivity contribution in [3.05, 3.63) is 82.4 Å². The van der Waals surface area contributed by atoms with E-state index in [2.05, 4.69) is 10.3 Å². The second kappa shape index (κ2) is 9.79. The standard InChI is InChI=1S/C27H30N4O5S/c1-17-8-9-19(22(15-26(32)33)21-10-11-23-27(18(21)2)28-29-30(23)3)14-20(17)16-31-12-13-36-24-6-4-5-7-25(24)37(31,34)35/h4-11,14,22,34-35H,12-13,15-16H2,1-3H3,(H,32,33). The maximum atomic E-state index is 11.9. The van der Waals surface area contributed by atoms with Crippen molar-refractivity contribution >= 4 is 27.8 Å². The van der Waals surface area contributed by atoms with Crippen LogP contribution in [-0.4, -0.2) is 52.6 Å². The van der Waals surface area contributed by atoms with E-state index in [1.165, 1.54) is 0 Å². The van der Waals surface area contributed by atoms with Gasteiger partial charge in [-0.25, -0.2) is 4.68 Å². The topological polar surface area (TPSA) is 121 Å². The van der Waals surface area contributed by atoms with Gasteiger partial charge in [-0.05, 0) is 59.9 Å². The molecule has 0 saturated heterocycles. The maximum Gasteiger partial charge on any atom is 0.304 e. The number of carboxylic acid groups (broad SMARTS) is 1. The number of benzene rings is 3. The number of aliphatic carboxylic acids is 1. The van der Waals surface area contributed by atoms with Gasteiger partial charge in [-0.15, -0.1) is 15.9 Å². The summed E-state index contributed by atoms with van der Waals surface area (Å²) in [6.07, 6.45) is -0.0881. The van der Waals surface area contributed by atoms with Gasteiger partial charge < -0.3 is 9.84 Å². The van der Waals surface area contributed by atoms with Gasteiger partial charge in [0.15, 0.2) is 0 Å². The molecule has 4 aromatic rings. The van der Waals surface area contributed by atoms with Crippen molar-refractivity contribution in [1.82, 2.24) is 19.3 Å². The van der Waals surface area contributed by atoms with E-state index in [1.54, 1.807) is 33.3 Å². The van der Waals surface area contributed by atoms with E-state index in [-0.39, 0.29) is 13.0 Å². The van der Waals surface area contributed by atoms with E-state index in [9.17, 15) is 19.0 Å². The molecule has 3 N–H and O–H groups in total. The van der Waals surface area contributed by atoms with E-state index < -0.39 is 22.7 Å². The highest BCUT2D eigenvalue weighted by atomic mass is 32.3. The lowest BCUT2D eigenvalue weighted by atomic mass is 9.84. The summed E-state index contributed by atoms with van der Waals surface area (Å²) in [6, 6.07) is 16.8. The molecule has 1 aliphatic heterocycles. The van der Waals surface area contributed by atoms with E-state index in [0.29, 0.717) is 23.8 Å². The van der Waals surface area contributed by atoms with Crippen molar-refractivity contribution in [3.8, 4) is 5.75 Å². The van der Waals surface area contributed by atoms with Gasteiger partial charge in [0.1, 0.15) is 22.8 Å². The smallest absolute Gasteiger partial charge is 0.304 e. The second-order valence-corrected chi connectivity index (χ2v) is 11.4. The summed E-state index contributed by atoms with van der Waals surface area (Å²) in [5.74, 6) is -0.829. The van der Waals surface area contributed by atoms with Crippen LogP contribution < -0.4 is 4.74 Å². The Morgan fingerprint density at radius 3 is 2.70 bits per heavy atom. The van der Waals surface area contributed by atoms with Gasteiger partial charge in [-0.1, -0.05) is 41.6 Å². The van der Waals surface area contributed by atoms with Gasteiger partial charge in [0.25, 0.3) is 0 Å². The van der Waals surface area contributed by atoms with Gasteiger partial charge in [-0.3, -0.25) is 13.9 Å². The quantitative estimate of drug-likeness (QED) is 0.319. The second-order valence-electron chi connectivity index (χ2n) is 9.37. The monoisotopic (exact) mass is 522 g/mol. The van der Waals surface area contributed by atoms with Crippen molar-refractivity contribution in [2.24, 2.45) is 7.05 Å². The SMILES string of the molecule is Cc1ccc(C(CC(=O)O)c2ccc3c(nnn3C)c2C)cc1CN1CCOc2ccccc2S1(O)O. The van der Waals surface area contributed by atoms with Crippen molar-refractivity contribution in [2.75, 3.05) is 13.2 Å². The predicted molar refractivity (Wildman–Crippen MR) is 142 cm³/mol. The average Bonchev–Trinajstić information content (AvgIpc) is 3.19. The molecule has 1 atom stereocenters. The van der Waals surface area contributed by atoms with Crippen molar-refractivity contribution in [3.63, 3.8) is 0 Å². The molecule has 0 bridgehead atoms. The number of hydrogen-bond acceptors (Lipinski definition) is 7. The third kappa shape index (κ3) is 4.69. The summed E-state index contributed by atoms with van der Waals surface area (Å²) in [4.78, 5) is 12.3. The molecule has 2 heterocycles. The number of carbonyl (C=O) groups is 1. The normalized spacial score (nSPS) is 17.0. The number of carboxylic acids is 1. The highest BCUT2D eigenvalue weighted by Crippen LogP contribution is 2.56. The molecular weight excluding hydrogens is 492 g/mol. The Labute approximate surface area is 216 Å². The van der Waals surface area contributed by atoms with Crippen LogP contribution in [0.4, 0.5) is 0 Å². The minimum atomic E-state index is -3.27. The molecule has 0 saturated carbocycles. The van der Waals surface area contributed by atoms with Gasteiger partial charge in [-0.2, -0.15) is 4.31 Å². The van der Waals surface area contributed by atoms with E-state index >= 15 is 0 Å². The largest absolute Gasteiger partial charge is 0.490 e. The fourth-order valence-electron chi connectivity index (χ4n) is 4.97. The van der Waals surface area contributed by atoms with Crippen LogP contribution in [-0.2, 0) is 18.4 Å². The Balaban J connectivity index is 1.53. The zero-order valence-corrected chi connectivity index (χ0v) is 21.8. The summed E-state index contributed by atoms with van der Waals surface area (Å²) in [7, 11) is -1.45. The summed E-state index contributed by atoms with van der Waals surface area (Å²) < 4.78 is 31.6. The third-order valence-corrected chi connectivity index (χ3v) is 9.02. The van der Waals surface area contributed by atoms with Crippen molar-refractivity contribution in [1.29, 1.82) is 0 Å². The summed E-state index contributed by atoms with van der Waals surface area (Å²) in [5.41, 5.74) is 6.13. The van der Waals surface area contributed by atoms with Gasteiger partial charge in [0.05, 0.1) is 18.5 Å². The Morgan fingerprint density at radius 1 is 1.14 bits per heavy atom. The van der Waals surface area contributed by atoms with Crippen molar-refractivity contribution in [2.45, 2.75) is 37.6 Å². The number of rotatable bonds is 6. The van der Waals surface area contributed by atoms with E-state index in [4.69, 9.17) is 4.74 Å². The molecule has 0 amide bonds. The molecule has 0 spiro atoms. The molecular formula is C27H30N4O5S. The Morgan fingerprint density at radius 2 is 1.92 bits per heavy atom. The van der Waals surface area contributed by atoms with Crippen LogP contribution in [0.5, 0.6) is 5.75 Å². The highest BCUT2D eigenvalue weighted by Gasteiger charge is 2.32. The van der Waals surface area contributed by atoms with Crippen LogP contribution in [0.25, 0.3) is 11.0 Å². The Kier molecular flexibility index (Phi) is 6.67. The van der Waals surface area contributed by atoms with Crippen LogP contribution in [0, 0.1) is 13.8 Å². The molecule has 0 radical (unpaired) electrons. The average molecular weight is 523 g/mol. The van der Waals surface area contributed by atoms with Crippen LogP contribution in [0.1, 0.15) is 40.2 Å². The van der Waals surface area contributed by atoms with Crippen molar-refractivity contribution < 1.29 is 23.7 Å². The first-order valence-corrected chi connectivity index (χ1v) is 13.5.